The lowest BCUT2D eigenvalue weighted by atomic mass is 9.97. The fraction of sp³-hybridized carbons (Fsp3) is 0.286. The van der Waals surface area contributed by atoms with E-state index in [9.17, 15) is 9.59 Å². The lowest BCUT2D eigenvalue weighted by Crippen LogP contribution is -2.29. The van der Waals surface area contributed by atoms with Gasteiger partial charge in [-0.1, -0.05) is 42.5 Å². The number of ether oxygens (including phenoxy) is 1. The highest BCUT2D eigenvalue weighted by Crippen LogP contribution is 2.39. The molecule has 3 aromatic carbocycles. The number of oxazole rings is 1. The van der Waals surface area contributed by atoms with E-state index in [1.807, 2.05) is 47.4 Å². The molecule has 1 atom stereocenters. The van der Waals surface area contributed by atoms with Crippen molar-refractivity contribution in [2.75, 3.05) is 18.5 Å². The van der Waals surface area contributed by atoms with Crippen molar-refractivity contribution in [3.8, 4) is 0 Å². The number of carbonyl (C=O) groups excluding carboxylic acids is 1. The number of aromatic nitrogens is 1. The second-order valence-electron chi connectivity index (χ2n) is 9.32. The molecule has 4 aromatic rings. The van der Waals surface area contributed by atoms with Crippen molar-refractivity contribution in [3.05, 3.63) is 99.5 Å². The molecule has 0 saturated carbocycles. The van der Waals surface area contributed by atoms with E-state index in [4.69, 9.17) is 9.15 Å². The summed E-state index contributed by atoms with van der Waals surface area (Å²) in [6.45, 7) is 1.96. The Morgan fingerprint density at radius 3 is 2.60 bits per heavy atom. The quantitative estimate of drug-likeness (QED) is 0.429. The minimum atomic E-state index is -0.478. The molecule has 1 unspecified atom stereocenters. The molecule has 178 valence electrons. The number of nitrogens with zero attached hydrogens (tertiary/aromatic N) is 1. The molecule has 7 nitrogen and oxygen atoms in total. The smallest absolute Gasteiger partial charge is 0.408 e. The Hall–Kier alpha value is -3.84. The van der Waals surface area contributed by atoms with Crippen LogP contribution < -0.4 is 11.1 Å². The summed E-state index contributed by atoms with van der Waals surface area (Å²) in [5.74, 6) is -0.458. The minimum absolute atomic E-state index is 0.0205. The Labute approximate surface area is 202 Å². The van der Waals surface area contributed by atoms with Gasteiger partial charge in [0.15, 0.2) is 5.58 Å². The van der Waals surface area contributed by atoms with Crippen LogP contribution in [0.15, 0.2) is 75.9 Å². The van der Waals surface area contributed by atoms with Crippen LogP contribution in [0, 0.1) is 0 Å². The van der Waals surface area contributed by atoms with Gasteiger partial charge in [-0.05, 0) is 60.2 Å². The molecule has 1 fully saturated rings. The Kier molecular flexibility index (Phi) is 5.62. The average molecular weight is 470 g/mol. The first-order valence-electron chi connectivity index (χ1n) is 12.1. The average Bonchev–Trinajstić information content (AvgIpc) is 3.37. The molecule has 1 saturated heterocycles. The lowest BCUT2D eigenvalue weighted by Gasteiger charge is -2.26. The Morgan fingerprint density at radius 2 is 1.77 bits per heavy atom. The number of hydrogen-bond donors (Lipinski definition) is 2. The van der Waals surface area contributed by atoms with E-state index in [1.54, 1.807) is 0 Å². The zero-order valence-electron chi connectivity index (χ0n) is 19.3. The molecule has 1 aromatic heterocycles. The third-order valence-electron chi connectivity index (χ3n) is 6.98. The van der Waals surface area contributed by atoms with Gasteiger partial charge in [-0.15, -0.1) is 0 Å². The van der Waals surface area contributed by atoms with E-state index >= 15 is 0 Å². The van der Waals surface area contributed by atoms with Crippen molar-refractivity contribution in [1.29, 1.82) is 0 Å². The fourth-order valence-electron chi connectivity index (χ4n) is 5.19. The Bertz CT molecular complexity index is 1420. The molecule has 6 rings (SSSR count). The summed E-state index contributed by atoms with van der Waals surface area (Å²) in [4.78, 5) is 29.9. The van der Waals surface area contributed by atoms with Gasteiger partial charge in [-0.3, -0.25) is 9.78 Å². The van der Waals surface area contributed by atoms with Gasteiger partial charge >= 0.3 is 5.76 Å². The Morgan fingerprint density at radius 1 is 0.943 bits per heavy atom. The number of nitrogens with one attached hydrogen (secondary N) is 2. The normalized spacial score (nSPS) is 18.2. The van der Waals surface area contributed by atoms with E-state index in [1.165, 1.54) is 5.56 Å². The number of rotatable bonds is 6. The van der Waals surface area contributed by atoms with E-state index in [-0.39, 0.29) is 11.9 Å². The monoisotopic (exact) mass is 469 g/mol. The van der Waals surface area contributed by atoms with Crippen LogP contribution in [-0.2, 0) is 17.7 Å². The summed E-state index contributed by atoms with van der Waals surface area (Å²) in [6, 6.07) is 22.3. The van der Waals surface area contributed by atoms with Crippen LogP contribution in [0.4, 0.5) is 5.69 Å². The number of H-pyrrole nitrogens is 1. The second kappa shape index (κ2) is 9.07. The van der Waals surface area contributed by atoms with E-state index in [0.29, 0.717) is 23.7 Å². The third kappa shape index (κ3) is 4.35. The maximum Gasteiger partial charge on any atom is 0.417 e. The molecule has 2 N–H and O–H groups in total. The number of aromatic amines is 1. The number of hydrogen-bond acceptors (Lipinski definition) is 5. The summed E-state index contributed by atoms with van der Waals surface area (Å²) in [5, 5.41) is 3.59. The molecular weight excluding hydrogens is 442 g/mol. The summed E-state index contributed by atoms with van der Waals surface area (Å²) >= 11 is 0. The lowest BCUT2D eigenvalue weighted by molar-refractivity contribution is 0.0709. The molecule has 2 aliphatic rings. The van der Waals surface area contributed by atoms with Crippen molar-refractivity contribution in [1.82, 2.24) is 9.88 Å². The number of amides is 1. The number of carbonyl (C=O) groups is 1. The third-order valence-corrected chi connectivity index (χ3v) is 6.98. The van der Waals surface area contributed by atoms with Gasteiger partial charge in [-0.25, -0.2) is 4.79 Å². The van der Waals surface area contributed by atoms with Crippen LogP contribution in [0.25, 0.3) is 11.1 Å². The van der Waals surface area contributed by atoms with Gasteiger partial charge in [0.1, 0.15) is 0 Å². The van der Waals surface area contributed by atoms with E-state index < -0.39 is 5.76 Å². The van der Waals surface area contributed by atoms with Gasteiger partial charge < -0.3 is 19.4 Å². The molecular formula is C28H27N3O4. The van der Waals surface area contributed by atoms with Gasteiger partial charge in [0.2, 0.25) is 0 Å². The molecule has 3 heterocycles. The molecule has 0 radical (unpaired) electrons. The van der Waals surface area contributed by atoms with Crippen LogP contribution in [0.1, 0.15) is 45.9 Å². The molecule has 0 spiro atoms. The van der Waals surface area contributed by atoms with Crippen molar-refractivity contribution in [2.24, 2.45) is 0 Å². The van der Waals surface area contributed by atoms with Gasteiger partial charge in [0.25, 0.3) is 5.91 Å². The van der Waals surface area contributed by atoms with Crippen molar-refractivity contribution in [2.45, 2.75) is 37.9 Å². The first kappa shape index (κ1) is 21.7. The van der Waals surface area contributed by atoms with Crippen molar-refractivity contribution < 1.29 is 13.9 Å². The fourth-order valence-corrected chi connectivity index (χ4v) is 5.19. The Balaban J connectivity index is 1.32. The first-order chi connectivity index (χ1) is 17.1. The van der Waals surface area contributed by atoms with Crippen molar-refractivity contribution >= 4 is 22.7 Å². The maximum atomic E-state index is 13.7. The number of fused-ring (bicyclic) bond motifs is 2. The largest absolute Gasteiger partial charge is 0.417 e. The zero-order chi connectivity index (χ0) is 23.8. The zero-order valence-corrected chi connectivity index (χ0v) is 19.3. The number of benzene rings is 3. The molecule has 0 bridgehead atoms. The highest BCUT2D eigenvalue weighted by Gasteiger charge is 2.37. The summed E-state index contributed by atoms with van der Waals surface area (Å²) in [5.41, 5.74) is 6.01. The highest BCUT2D eigenvalue weighted by molar-refractivity contribution is 6.00. The van der Waals surface area contributed by atoms with E-state index in [2.05, 4.69) is 34.6 Å². The molecule has 7 heteroatoms. The maximum absolute atomic E-state index is 13.7. The summed E-state index contributed by atoms with van der Waals surface area (Å²) < 4.78 is 10.7. The first-order valence-corrected chi connectivity index (χ1v) is 12.1. The van der Waals surface area contributed by atoms with Crippen molar-refractivity contribution in [3.63, 3.8) is 0 Å². The van der Waals surface area contributed by atoms with E-state index in [0.717, 1.165) is 54.9 Å². The van der Waals surface area contributed by atoms with Crippen LogP contribution in [0.2, 0.25) is 0 Å². The standard InChI is InChI=1S/C28H27N3O4/c32-27-23-16-21(29-20-10-12-34-13-11-20)7-8-22(23)25(14-18-4-2-1-3-5-18)31(27)17-19-6-9-24-26(15-19)35-28(33)30-24/h1-9,15-16,20,25,29H,10-14,17H2,(H,30,33). The molecule has 2 aliphatic heterocycles. The van der Waals surface area contributed by atoms with Crippen LogP contribution >= 0.6 is 0 Å². The second-order valence-corrected chi connectivity index (χ2v) is 9.32. The van der Waals surface area contributed by atoms with Gasteiger partial charge in [-0.2, -0.15) is 0 Å². The predicted octanol–water partition coefficient (Wildman–Crippen LogP) is 4.65. The summed E-state index contributed by atoms with van der Waals surface area (Å²) in [7, 11) is 0. The SMILES string of the molecule is O=C1c2cc(NC3CCOCC3)ccc2C(Cc2ccccc2)N1Cc1ccc2[nH]c(=O)oc2c1. The minimum Gasteiger partial charge on any atom is -0.408 e. The molecule has 0 aliphatic carbocycles. The van der Waals surface area contributed by atoms with Gasteiger partial charge in [0.05, 0.1) is 11.6 Å². The highest BCUT2D eigenvalue weighted by atomic mass is 16.5. The van der Waals surface area contributed by atoms with Gasteiger partial charge in [0, 0.05) is 37.1 Å². The molecule has 35 heavy (non-hydrogen) atoms. The van der Waals surface area contributed by atoms with Crippen LogP contribution in [0.5, 0.6) is 0 Å². The number of anilines is 1. The van der Waals surface area contributed by atoms with Crippen LogP contribution in [0.3, 0.4) is 0 Å². The predicted molar refractivity (Wildman–Crippen MR) is 134 cm³/mol. The summed E-state index contributed by atoms with van der Waals surface area (Å²) in [6.07, 6.45) is 2.66. The topological polar surface area (TPSA) is 87.6 Å². The van der Waals surface area contributed by atoms with Crippen LogP contribution in [-0.4, -0.2) is 35.0 Å². The molecule has 1 amide bonds.